The topological polar surface area (TPSA) is 73.6 Å². The first-order valence-electron chi connectivity index (χ1n) is 8.36. The number of halogens is 1. The van der Waals surface area contributed by atoms with E-state index in [1.54, 1.807) is 24.5 Å². The summed E-state index contributed by atoms with van der Waals surface area (Å²) in [4.78, 5) is 16.1. The van der Waals surface area contributed by atoms with E-state index in [0.29, 0.717) is 27.8 Å². The Morgan fingerprint density at radius 2 is 1.89 bits per heavy atom. The molecule has 0 aliphatic carbocycles. The maximum atomic E-state index is 11.3. The molecule has 2 aromatic carbocycles. The van der Waals surface area contributed by atoms with Crippen LogP contribution in [0.2, 0.25) is 5.02 Å². The second-order valence-electron chi connectivity index (χ2n) is 5.95. The van der Waals surface area contributed by atoms with Gasteiger partial charge in [0.15, 0.2) is 10.6 Å². The minimum atomic E-state index is -0.427. The van der Waals surface area contributed by atoms with Gasteiger partial charge >= 0.3 is 0 Å². The van der Waals surface area contributed by atoms with Gasteiger partial charge in [0.1, 0.15) is 5.69 Å². The first-order chi connectivity index (χ1) is 13.6. The Morgan fingerprint density at radius 3 is 2.61 bits per heavy atom. The monoisotopic (exact) mass is 411 g/mol. The van der Waals surface area contributed by atoms with Gasteiger partial charge in [0.05, 0.1) is 23.4 Å². The summed E-state index contributed by atoms with van der Waals surface area (Å²) in [6.07, 6.45) is 1.61. The van der Waals surface area contributed by atoms with Gasteiger partial charge in [0.25, 0.3) is 5.69 Å². The van der Waals surface area contributed by atoms with Gasteiger partial charge in [-0.2, -0.15) is 0 Å². The average molecular weight is 412 g/mol. The molecule has 4 aromatic rings. The van der Waals surface area contributed by atoms with Gasteiger partial charge in [-0.05, 0) is 35.9 Å². The van der Waals surface area contributed by atoms with Crippen LogP contribution in [0.25, 0.3) is 11.5 Å². The van der Waals surface area contributed by atoms with Crippen LogP contribution in [0.1, 0.15) is 5.56 Å². The van der Waals surface area contributed by atoms with Crippen molar-refractivity contribution < 1.29 is 9.34 Å². The van der Waals surface area contributed by atoms with Crippen molar-refractivity contribution in [3.8, 4) is 11.5 Å². The highest BCUT2D eigenvalue weighted by atomic mass is 35.5. The van der Waals surface area contributed by atoms with E-state index in [1.807, 2.05) is 46.3 Å². The molecule has 6 nitrogen and oxygen atoms in total. The van der Waals surface area contributed by atoms with Crippen LogP contribution in [0.3, 0.4) is 0 Å². The molecule has 28 heavy (non-hydrogen) atoms. The van der Waals surface area contributed by atoms with Crippen molar-refractivity contribution in [3.63, 3.8) is 0 Å². The van der Waals surface area contributed by atoms with E-state index in [-0.39, 0.29) is 5.69 Å². The normalized spacial score (nSPS) is 11.7. The van der Waals surface area contributed by atoms with Gasteiger partial charge in [-0.1, -0.05) is 35.9 Å². The van der Waals surface area contributed by atoms with Crippen molar-refractivity contribution in [1.29, 1.82) is 0 Å². The predicted octanol–water partition coefficient (Wildman–Crippen LogP) is 5.65. The summed E-state index contributed by atoms with van der Waals surface area (Å²) >= 11 is 7.39. The highest BCUT2D eigenvalue weighted by molar-refractivity contribution is 7.07. The molecule has 0 aliphatic heterocycles. The molecule has 4 rings (SSSR count). The Bertz CT molecular complexity index is 1180. The molecule has 2 heterocycles. The number of furan rings is 1. The summed E-state index contributed by atoms with van der Waals surface area (Å²) in [6.45, 7) is 0.524. The molecule has 0 N–H and O–H groups in total. The lowest BCUT2D eigenvalue weighted by atomic mass is 10.2. The molecule has 140 valence electrons. The Morgan fingerprint density at radius 1 is 1.11 bits per heavy atom. The lowest BCUT2D eigenvalue weighted by Crippen LogP contribution is -2.16. The first kappa shape index (κ1) is 18.2. The Labute approximate surface area is 169 Å². The predicted molar refractivity (Wildman–Crippen MR) is 109 cm³/mol. The minimum Gasteiger partial charge on any atom is -0.463 e. The Hall–Kier alpha value is -3.16. The third-order valence-electron chi connectivity index (χ3n) is 4.12. The fraction of sp³-hybridized carbons (Fsp3) is 0.0500. The summed E-state index contributed by atoms with van der Waals surface area (Å²) in [5.74, 6) is 0.703. The third kappa shape index (κ3) is 3.76. The molecule has 0 bridgehead atoms. The number of rotatable bonds is 5. The van der Waals surface area contributed by atoms with Crippen LogP contribution in [0, 0.1) is 10.1 Å². The molecule has 8 heteroatoms. The van der Waals surface area contributed by atoms with E-state index in [4.69, 9.17) is 16.0 Å². The van der Waals surface area contributed by atoms with Crippen LogP contribution in [0.4, 0.5) is 11.4 Å². The van der Waals surface area contributed by atoms with Crippen LogP contribution < -0.4 is 4.80 Å². The number of para-hydroxylation sites is 2. The van der Waals surface area contributed by atoms with Crippen molar-refractivity contribution in [1.82, 2.24) is 4.57 Å². The van der Waals surface area contributed by atoms with Gasteiger partial charge in [-0.3, -0.25) is 10.1 Å². The second-order valence-corrected chi connectivity index (χ2v) is 7.22. The first-order valence-corrected chi connectivity index (χ1v) is 9.62. The highest BCUT2D eigenvalue weighted by Crippen LogP contribution is 2.27. The number of hydrogen-bond acceptors (Lipinski definition) is 5. The molecule has 0 fully saturated rings. The molecule has 0 saturated heterocycles. The number of benzene rings is 2. The second kappa shape index (κ2) is 7.84. The van der Waals surface area contributed by atoms with Crippen molar-refractivity contribution in [2.75, 3.05) is 0 Å². The van der Waals surface area contributed by atoms with Gasteiger partial charge in [0, 0.05) is 16.5 Å². The van der Waals surface area contributed by atoms with Crippen LogP contribution in [-0.4, -0.2) is 9.49 Å². The molecule has 0 atom stereocenters. The number of nitro groups is 1. The van der Waals surface area contributed by atoms with Gasteiger partial charge in [-0.25, -0.2) is 4.99 Å². The van der Waals surface area contributed by atoms with Crippen molar-refractivity contribution >= 4 is 34.3 Å². The quantitative estimate of drug-likeness (QED) is 0.314. The SMILES string of the molecule is O=[N+]([O-])c1ccccc1N=c1scc(-c2ccco2)n1Cc1ccc(Cl)cc1. The van der Waals surface area contributed by atoms with Crippen molar-refractivity contribution in [3.05, 3.63) is 97.8 Å². The maximum absolute atomic E-state index is 11.3. The van der Waals surface area contributed by atoms with Crippen LogP contribution in [0.15, 0.2) is 81.7 Å². The molecule has 2 aromatic heterocycles. The molecule has 0 amide bonds. The van der Waals surface area contributed by atoms with E-state index in [1.165, 1.54) is 17.4 Å². The fourth-order valence-electron chi connectivity index (χ4n) is 2.78. The lowest BCUT2D eigenvalue weighted by Gasteiger charge is -2.08. The van der Waals surface area contributed by atoms with Gasteiger partial charge in [0.2, 0.25) is 0 Å². The fourth-order valence-corrected chi connectivity index (χ4v) is 3.81. The van der Waals surface area contributed by atoms with E-state index >= 15 is 0 Å². The zero-order valence-corrected chi connectivity index (χ0v) is 16.1. The summed E-state index contributed by atoms with van der Waals surface area (Å²) in [6, 6.07) is 17.7. The van der Waals surface area contributed by atoms with E-state index < -0.39 is 4.92 Å². The van der Waals surface area contributed by atoms with Gasteiger partial charge < -0.3 is 8.98 Å². The molecular weight excluding hydrogens is 398 g/mol. The number of thiazole rings is 1. The van der Waals surface area contributed by atoms with E-state index in [2.05, 4.69) is 4.99 Å². The van der Waals surface area contributed by atoms with Crippen molar-refractivity contribution in [2.45, 2.75) is 6.54 Å². The molecule has 0 aliphatic rings. The molecule has 0 saturated carbocycles. The van der Waals surface area contributed by atoms with E-state index in [9.17, 15) is 10.1 Å². The lowest BCUT2D eigenvalue weighted by molar-refractivity contribution is -0.384. The summed E-state index contributed by atoms with van der Waals surface area (Å²) in [7, 11) is 0. The Balaban J connectivity index is 1.86. The van der Waals surface area contributed by atoms with Crippen LogP contribution >= 0.6 is 22.9 Å². The number of nitro benzene ring substituents is 1. The molecule has 0 spiro atoms. The zero-order chi connectivity index (χ0) is 19.5. The smallest absolute Gasteiger partial charge is 0.294 e. The van der Waals surface area contributed by atoms with E-state index in [0.717, 1.165) is 11.3 Å². The maximum Gasteiger partial charge on any atom is 0.294 e. The highest BCUT2D eigenvalue weighted by Gasteiger charge is 2.14. The largest absolute Gasteiger partial charge is 0.463 e. The average Bonchev–Trinajstić information content (AvgIpc) is 3.34. The number of aromatic nitrogens is 1. The number of hydrogen-bond donors (Lipinski definition) is 0. The molecule has 0 unspecified atom stereocenters. The standard InChI is InChI=1S/C20H14ClN3O3S/c21-15-9-7-14(8-10-15)12-23-18(19-6-3-11-27-19)13-28-20(23)22-16-4-1-2-5-17(16)24(25)26/h1-11,13H,12H2. The number of nitrogens with zero attached hydrogens (tertiary/aromatic N) is 3. The summed E-state index contributed by atoms with van der Waals surface area (Å²) in [5.41, 5.74) is 2.15. The molecular formula is C20H14ClN3O3S. The van der Waals surface area contributed by atoms with Crippen molar-refractivity contribution in [2.24, 2.45) is 4.99 Å². The molecule has 0 radical (unpaired) electrons. The zero-order valence-electron chi connectivity index (χ0n) is 14.5. The van der Waals surface area contributed by atoms with Crippen LogP contribution in [0.5, 0.6) is 0 Å². The van der Waals surface area contributed by atoms with Crippen LogP contribution in [-0.2, 0) is 6.54 Å². The summed E-state index contributed by atoms with van der Waals surface area (Å²) < 4.78 is 7.53. The Kier molecular flexibility index (Phi) is 5.10. The van der Waals surface area contributed by atoms with Gasteiger partial charge in [-0.15, -0.1) is 11.3 Å². The minimum absolute atomic E-state index is 0.0338. The third-order valence-corrected chi connectivity index (χ3v) is 5.24. The summed E-state index contributed by atoms with van der Waals surface area (Å²) in [5, 5.41) is 13.9.